The van der Waals surface area contributed by atoms with E-state index in [1.807, 2.05) is 0 Å². The second-order valence-electron chi connectivity index (χ2n) is 2.88. The van der Waals surface area contributed by atoms with Gasteiger partial charge in [0.25, 0.3) is 0 Å². The number of phenolic OH excluding ortho intramolecular Hbond substituents is 1. The maximum atomic E-state index is 10.6. The van der Waals surface area contributed by atoms with Crippen LogP contribution in [0.3, 0.4) is 0 Å². The van der Waals surface area contributed by atoms with Crippen molar-refractivity contribution in [1.29, 1.82) is 0 Å². The minimum atomic E-state index is -0.699. The van der Waals surface area contributed by atoms with E-state index < -0.39 is 16.4 Å². The van der Waals surface area contributed by atoms with Crippen molar-refractivity contribution in [2.45, 2.75) is 0 Å². The molecule has 0 saturated heterocycles. The molecule has 1 N–H and O–H groups in total. The van der Waals surface area contributed by atoms with Crippen LogP contribution in [0.25, 0.3) is 10.9 Å². The summed E-state index contributed by atoms with van der Waals surface area (Å²) in [6.07, 6.45) is 1.43. The molecule has 7 heteroatoms. The van der Waals surface area contributed by atoms with Crippen LogP contribution in [0, 0.1) is 10.1 Å². The maximum absolute atomic E-state index is 10.6. The van der Waals surface area contributed by atoms with Crippen LogP contribution < -0.4 is 0 Å². The van der Waals surface area contributed by atoms with Crippen molar-refractivity contribution in [3.05, 3.63) is 39.5 Å². The van der Waals surface area contributed by atoms with Gasteiger partial charge >= 0.3 is 22.8 Å². The number of aromatic hydroxyl groups is 1. The van der Waals surface area contributed by atoms with Gasteiger partial charge in [0, 0.05) is 17.6 Å². The van der Waals surface area contributed by atoms with Crippen molar-refractivity contribution in [3.8, 4) is 5.75 Å². The Morgan fingerprint density at radius 3 is 2.81 bits per heavy atom. The van der Waals surface area contributed by atoms with Crippen molar-refractivity contribution in [3.63, 3.8) is 0 Å². The molecule has 0 aliphatic carbocycles. The van der Waals surface area contributed by atoms with Gasteiger partial charge in [0.15, 0.2) is 0 Å². The number of hydrogen-bond donors (Lipinski definition) is 1. The Morgan fingerprint density at radius 1 is 1.50 bits per heavy atom. The van der Waals surface area contributed by atoms with E-state index in [0.717, 1.165) is 6.07 Å². The van der Waals surface area contributed by atoms with Crippen LogP contribution in [-0.2, 0) is 17.1 Å². The summed E-state index contributed by atoms with van der Waals surface area (Å²) in [7, 11) is 0. The fourth-order valence-electron chi connectivity index (χ4n) is 1.31. The molecule has 1 aromatic heterocycles. The monoisotopic (exact) mass is 287 g/mol. The van der Waals surface area contributed by atoms with Crippen LogP contribution in [0.5, 0.6) is 5.75 Å². The summed E-state index contributed by atoms with van der Waals surface area (Å²) in [6.45, 7) is 0. The van der Waals surface area contributed by atoms with Crippen molar-refractivity contribution in [2.24, 2.45) is 0 Å². The largest absolute Gasteiger partial charge is 2.00 e. The fourth-order valence-corrected chi connectivity index (χ4v) is 1.57. The zero-order valence-corrected chi connectivity index (χ0v) is 9.34. The Labute approximate surface area is 106 Å². The molecule has 85 valence electrons. The Bertz CT molecular complexity index is 562. The molecule has 5 nitrogen and oxygen atoms in total. The molecule has 0 saturated carbocycles. The molecule has 16 heavy (non-hydrogen) atoms. The Kier molecular flexibility index (Phi) is 3.70. The molecule has 1 radical (unpaired) electrons. The molecule has 0 fully saturated rings. The zero-order chi connectivity index (χ0) is 11.0. The van der Waals surface area contributed by atoms with Gasteiger partial charge < -0.3 is 5.11 Å². The van der Waals surface area contributed by atoms with E-state index in [9.17, 15) is 15.2 Å². The van der Waals surface area contributed by atoms with E-state index in [4.69, 9.17) is 11.6 Å². The zero-order valence-electron chi connectivity index (χ0n) is 7.65. The first-order valence-electron chi connectivity index (χ1n) is 4.02. The summed E-state index contributed by atoms with van der Waals surface area (Å²) in [6, 6.07) is 4.38. The SMILES string of the molecule is O=[N+]([O-])c1cc(Cl)c2cccnc2c1O.[Cu+2]. The quantitative estimate of drug-likeness (QED) is 0.497. The number of aromatic nitrogens is 1. The van der Waals surface area contributed by atoms with Gasteiger partial charge in [-0.2, -0.15) is 0 Å². The summed E-state index contributed by atoms with van der Waals surface area (Å²) in [4.78, 5) is 13.7. The van der Waals surface area contributed by atoms with Gasteiger partial charge in [0.05, 0.1) is 9.95 Å². The summed E-state index contributed by atoms with van der Waals surface area (Å²) in [5, 5.41) is 20.8. The number of nitrogens with zero attached hydrogens (tertiary/aromatic N) is 2. The number of pyridine rings is 1. The summed E-state index contributed by atoms with van der Waals surface area (Å²) < 4.78 is 0. The van der Waals surface area contributed by atoms with Crippen molar-refractivity contribution in [1.82, 2.24) is 4.98 Å². The smallest absolute Gasteiger partial charge is 0.501 e. The third kappa shape index (κ3) is 1.95. The molecule has 2 rings (SSSR count). The first-order chi connectivity index (χ1) is 7.11. The van der Waals surface area contributed by atoms with Gasteiger partial charge in [-0.15, -0.1) is 0 Å². The maximum Gasteiger partial charge on any atom is 2.00 e. The van der Waals surface area contributed by atoms with Crippen LogP contribution >= 0.6 is 11.6 Å². The average Bonchev–Trinajstić information content (AvgIpc) is 2.23. The molecule has 0 unspecified atom stereocenters. The van der Waals surface area contributed by atoms with Crippen molar-refractivity contribution >= 4 is 28.2 Å². The van der Waals surface area contributed by atoms with E-state index >= 15 is 0 Å². The third-order valence-corrected chi connectivity index (χ3v) is 2.30. The Hall–Kier alpha value is -1.36. The van der Waals surface area contributed by atoms with Gasteiger partial charge in [-0.05, 0) is 12.1 Å². The van der Waals surface area contributed by atoms with Crippen molar-refractivity contribution in [2.75, 3.05) is 0 Å². The van der Waals surface area contributed by atoms with Crippen LogP contribution in [0.1, 0.15) is 0 Å². The average molecular weight is 288 g/mol. The van der Waals surface area contributed by atoms with Crippen LogP contribution in [0.4, 0.5) is 5.69 Å². The molecule has 2 aromatic rings. The summed E-state index contributed by atoms with van der Waals surface area (Å²) in [5.41, 5.74) is -0.303. The van der Waals surface area contributed by atoms with Gasteiger partial charge in [-0.3, -0.25) is 15.1 Å². The van der Waals surface area contributed by atoms with Gasteiger partial charge in [0.2, 0.25) is 5.75 Å². The number of hydrogen-bond acceptors (Lipinski definition) is 4. The van der Waals surface area contributed by atoms with Gasteiger partial charge in [-0.25, -0.2) is 0 Å². The molecule has 0 atom stereocenters. The Balaban J connectivity index is 0.00000128. The van der Waals surface area contributed by atoms with Crippen LogP contribution in [0.15, 0.2) is 24.4 Å². The summed E-state index contributed by atoms with van der Waals surface area (Å²) >= 11 is 5.82. The van der Waals surface area contributed by atoms with E-state index in [0.29, 0.717) is 5.39 Å². The first-order valence-corrected chi connectivity index (χ1v) is 4.39. The molecule has 0 aliphatic rings. The predicted molar refractivity (Wildman–Crippen MR) is 55.1 cm³/mol. The van der Waals surface area contributed by atoms with Crippen LogP contribution in [-0.4, -0.2) is 15.0 Å². The number of halogens is 1. The number of nitro benzene ring substituents is 1. The van der Waals surface area contributed by atoms with Gasteiger partial charge in [0.1, 0.15) is 5.52 Å². The standard InChI is InChI=1S/C9H5ClN2O3.Cu/c10-6-4-7(12(14)15)9(13)8-5(6)2-1-3-11-8;/h1-4,13H;/q;+2. The second-order valence-corrected chi connectivity index (χ2v) is 3.29. The molecule has 0 amide bonds. The van der Waals surface area contributed by atoms with E-state index in [-0.39, 0.29) is 27.6 Å². The number of fused-ring (bicyclic) bond motifs is 1. The van der Waals surface area contributed by atoms with E-state index in [1.54, 1.807) is 12.1 Å². The van der Waals surface area contributed by atoms with Gasteiger partial charge in [-0.1, -0.05) is 11.6 Å². The topological polar surface area (TPSA) is 76.3 Å². The Morgan fingerprint density at radius 2 is 2.19 bits per heavy atom. The van der Waals surface area contributed by atoms with Crippen LogP contribution in [0.2, 0.25) is 5.02 Å². The normalized spacial score (nSPS) is 9.81. The molecular weight excluding hydrogens is 283 g/mol. The number of nitro groups is 1. The minimum Gasteiger partial charge on any atom is -0.501 e. The van der Waals surface area contributed by atoms with E-state index in [2.05, 4.69) is 4.98 Å². The fraction of sp³-hybridized carbons (Fsp3) is 0. The number of rotatable bonds is 1. The third-order valence-electron chi connectivity index (χ3n) is 1.99. The summed E-state index contributed by atoms with van der Waals surface area (Å²) in [5.74, 6) is -0.458. The number of benzene rings is 1. The molecule has 0 bridgehead atoms. The first kappa shape index (κ1) is 12.7. The second kappa shape index (κ2) is 4.65. The molecule has 0 aliphatic heterocycles. The number of phenols is 1. The minimum absolute atomic E-state index is 0. The molecule has 0 spiro atoms. The molecule has 1 aromatic carbocycles. The molecule has 1 heterocycles. The predicted octanol–water partition coefficient (Wildman–Crippen LogP) is 2.50. The van der Waals surface area contributed by atoms with Crippen molar-refractivity contribution < 1.29 is 27.1 Å². The molecular formula is C9H5ClCuN2O3+2. The van der Waals surface area contributed by atoms with E-state index in [1.165, 1.54) is 6.20 Å².